The lowest BCUT2D eigenvalue weighted by Crippen LogP contribution is -2.61. The molecule has 2 rings (SSSR count). The molecule has 0 aromatic carbocycles. The highest BCUT2D eigenvalue weighted by atomic mass is 16.5. The SMILES string of the molecule is COCCC(C)(CN)N1CCN2CCCC2C1. The molecule has 0 aliphatic carbocycles. The first-order valence-corrected chi connectivity index (χ1v) is 6.88. The summed E-state index contributed by atoms with van der Waals surface area (Å²) in [6, 6.07) is 0.775. The third kappa shape index (κ3) is 2.81. The maximum atomic E-state index is 6.00. The molecule has 2 fully saturated rings. The van der Waals surface area contributed by atoms with Gasteiger partial charge in [0.15, 0.2) is 0 Å². The Hall–Kier alpha value is -0.160. The van der Waals surface area contributed by atoms with Gasteiger partial charge in [-0.25, -0.2) is 0 Å². The summed E-state index contributed by atoms with van der Waals surface area (Å²) in [6.07, 6.45) is 3.77. The van der Waals surface area contributed by atoms with Crippen molar-refractivity contribution < 1.29 is 4.74 Å². The van der Waals surface area contributed by atoms with Crippen molar-refractivity contribution in [2.45, 2.75) is 37.8 Å². The van der Waals surface area contributed by atoms with Crippen LogP contribution < -0.4 is 5.73 Å². The van der Waals surface area contributed by atoms with E-state index in [-0.39, 0.29) is 5.54 Å². The van der Waals surface area contributed by atoms with E-state index in [4.69, 9.17) is 10.5 Å². The standard InChI is InChI=1S/C13H27N3O/c1-13(11-14,5-9-17-2)16-8-7-15-6-3-4-12(15)10-16/h12H,3-11,14H2,1-2H3. The average molecular weight is 241 g/mol. The van der Waals surface area contributed by atoms with Crippen molar-refractivity contribution in [2.75, 3.05) is 46.4 Å². The van der Waals surface area contributed by atoms with Crippen LogP contribution in [0.15, 0.2) is 0 Å². The average Bonchev–Trinajstić information content (AvgIpc) is 2.83. The fourth-order valence-corrected chi connectivity index (χ4v) is 3.19. The molecule has 2 atom stereocenters. The number of nitrogens with zero attached hydrogens (tertiary/aromatic N) is 2. The molecule has 0 amide bonds. The number of piperazine rings is 1. The Morgan fingerprint density at radius 2 is 2.18 bits per heavy atom. The van der Waals surface area contributed by atoms with Gasteiger partial charge in [-0.05, 0) is 32.7 Å². The molecule has 4 nitrogen and oxygen atoms in total. The van der Waals surface area contributed by atoms with E-state index in [1.807, 2.05) is 0 Å². The smallest absolute Gasteiger partial charge is 0.0480 e. The van der Waals surface area contributed by atoms with E-state index in [9.17, 15) is 0 Å². The maximum Gasteiger partial charge on any atom is 0.0480 e. The fraction of sp³-hybridized carbons (Fsp3) is 1.00. The molecular formula is C13H27N3O. The lowest BCUT2D eigenvalue weighted by atomic mass is 9.93. The minimum Gasteiger partial charge on any atom is -0.385 e. The number of nitrogens with two attached hydrogens (primary N) is 1. The number of rotatable bonds is 5. The molecule has 0 saturated carbocycles. The zero-order chi connectivity index (χ0) is 12.3. The molecule has 100 valence electrons. The zero-order valence-corrected chi connectivity index (χ0v) is 11.3. The van der Waals surface area contributed by atoms with Crippen LogP contribution in [0.5, 0.6) is 0 Å². The molecule has 0 radical (unpaired) electrons. The van der Waals surface area contributed by atoms with Crippen LogP contribution in [0.3, 0.4) is 0 Å². The first kappa shape index (κ1) is 13.3. The van der Waals surface area contributed by atoms with E-state index in [2.05, 4.69) is 16.7 Å². The zero-order valence-electron chi connectivity index (χ0n) is 11.3. The van der Waals surface area contributed by atoms with Crippen LogP contribution in [-0.2, 0) is 4.74 Å². The van der Waals surface area contributed by atoms with Crippen LogP contribution in [0.2, 0.25) is 0 Å². The van der Waals surface area contributed by atoms with Gasteiger partial charge in [-0.15, -0.1) is 0 Å². The Morgan fingerprint density at radius 1 is 1.35 bits per heavy atom. The molecule has 2 saturated heterocycles. The number of fused-ring (bicyclic) bond motifs is 1. The molecule has 2 unspecified atom stereocenters. The number of hydrogen-bond acceptors (Lipinski definition) is 4. The molecule has 4 heteroatoms. The quantitative estimate of drug-likeness (QED) is 0.762. The summed E-state index contributed by atoms with van der Waals surface area (Å²) >= 11 is 0. The normalized spacial score (nSPS) is 30.2. The van der Waals surface area contributed by atoms with Crippen molar-refractivity contribution in [1.82, 2.24) is 9.80 Å². The molecule has 2 heterocycles. The van der Waals surface area contributed by atoms with E-state index in [1.165, 1.54) is 32.5 Å². The number of ether oxygens (including phenoxy) is 1. The summed E-state index contributed by atoms with van der Waals surface area (Å²) < 4.78 is 5.22. The summed E-state index contributed by atoms with van der Waals surface area (Å²) in [5.74, 6) is 0. The second kappa shape index (κ2) is 5.65. The first-order valence-electron chi connectivity index (χ1n) is 6.88. The third-order valence-corrected chi connectivity index (χ3v) is 4.64. The number of hydrogen-bond donors (Lipinski definition) is 1. The summed E-state index contributed by atoms with van der Waals surface area (Å²) in [7, 11) is 1.77. The molecule has 0 aromatic rings. The van der Waals surface area contributed by atoms with E-state index in [0.29, 0.717) is 0 Å². The Kier molecular flexibility index (Phi) is 4.42. The van der Waals surface area contributed by atoms with Gasteiger partial charge in [0, 0.05) is 51.5 Å². The van der Waals surface area contributed by atoms with Gasteiger partial charge in [-0.1, -0.05) is 0 Å². The van der Waals surface area contributed by atoms with Gasteiger partial charge in [0.25, 0.3) is 0 Å². The second-order valence-corrected chi connectivity index (χ2v) is 5.72. The molecule has 17 heavy (non-hydrogen) atoms. The fourth-order valence-electron chi connectivity index (χ4n) is 3.19. The van der Waals surface area contributed by atoms with Crippen molar-refractivity contribution in [1.29, 1.82) is 0 Å². The summed E-state index contributed by atoms with van der Waals surface area (Å²) in [5, 5.41) is 0. The van der Waals surface area contributed by atoms with Gasteiger partial charge in [-0.2, -0.15) is 0 Å². The Morgan fingerprint density at radius 3 is 2.88 bits per heavy atom. The van der Waals surface area contributed by atoms with E-state index in [1.54, 1.807) is 7.11 Å². The van der Waals surface area contributed by atoms with E-state index >= 15 is 0 Å². The van der Waals surface area contributed by atoms with Crippen LogP contribution in [0.4, 0.5) is 0 Å². The van der Waals surface area contributed by atoms with Gasteiger partial charge in [0.2, 0.25) is 0 Å². The molecule has 0 bridgehead atoms. The Bertz CT molecular complexity index is 249. The van der Waals surface area contributed by atoms with E-state index < -0.39 is 0 Å². The predicted octanol–water partition coefficient (Wildman–Crippen LogP) is 0.520. The molecule has 2 aliphatic heterocycles. The van der Waals surface area contributed by atoms with Crippen LogP contribution in [-0.4, -0.2) is 67.8 Å². The van der Waals surface area contributed by atoms with Crippen molar-refractivity contribution in [2.24, 2.45) is 5.73 Å². The molecule has 0 spiro atoms. The van der Waals surface area contributed by atoms with E-state index in [0.717, 1.165) is 32.2 Å². The van der Waals surface area contributed by atoms with Gasteiger partial charge >= 0.3 is 0 Å². The second-order valence-electron chi connectivity index (χ2n) is 5.72. The summed E-state index contributed by atoms with van der Waals surface area (Å²) in [5.41, 5.74) is 6.12. The number of methoxy groups -OCH3 is 1. The largest absolute Gasteiger partial charge is 0.385 e. The molecule has 0 aromatic heterocycles. The Balaban J connectivity index is 1.95. The summed E-state index contributed by atoms with van der Waals surface area (Å²) in [4.78, 5) is 5.24. The molecular weight excluding hydrogens is 214 g/mol. The van der Waals surface area contributed by atoms with Crippen LogP contribution in [0.1, 0.15) is 26.2 Å². The first-order chi connectivity index (χ1) is 8.19. The van der Waals surface area contributed by atoms with Crippen LogP contribution >= 0.6 is 0 Å². The van der Waals surface area contributed by atoms with Gasteiger partial charge in [0.1, 0.15) is 0 Å². The predicted molar refractivity (Wildman–Crippen MR) is 70.1 cm³/mol. The molecule has 2 N–H and O–H groups in total. The van der Waals surface area contributed by atoms with Crippen LogP contribution in [0, 0.1) is 0 Å². The van der Waals surface area contributed by atoms with Crippen LogP contribution in [0.25, 0.3) is 0 Å². The van der Waals surface area contributed by atoms with Crippen molar-refractivity contribution >= 4 is 0 Å². The van der Waals surface area contributed by atoms with Crippen molar-refractivity contribution in [3.05, 3.63) is 0 Å². The minimum atomic E-state index is 0.116. The minimum absolute atomic E-state index is 0.116. The Labute approximate surface area is 105 Å². The third-order valence-electron chi connectivity index (χ3n) is 4.64. The van der Waals surface area contributed by atoms with Gasteiger partial charge < -0.3 is 10.5 Å². The highest BCUT2D eigenvalue weighted by Crippen LogP contribution is 2.27. The lowest BCUT2D eigenvalue weighted by molar-refractivity contribution is 0.0104. The lowest BCUT2D eigenvalue weighted by Gasteiger charge is -2.47. The van der Waals surface area contributed by atoms with Crippen molar-refractivity contribution in [3.8, 4) is 0 Å². The monoisotopic (exact) mass is 241 g/mol. The summed E-state index contributed by atoms with van der Waals surface area (Å²) in [6.45, 7) is 8.69. The maximum absolute atomic E-state index is 6.00. The van der Waals surface area contributed by atoms with Gasteiger partial charge in [-0.3, -0.25) is 9.80 Å². The van der Waals surface area contributed by atoms with Gasteiger partial charge in [0.05, 0.1) is 0 Å². The highest BCUT2D eigenvalue weighted by Gasteiger charge is 2.38. The van der Waals surface area contributed by atoms with Crippen molar-refractivity contribution in [3.63, 3.8) is 0 Å². The highest BCUT2D eigenvalue weighted by molar-refractivity contribution is 4.95. The topological polar surface area (TPSA) is 41.7 Å². The molecule has 2 aliphatic rings.